The van der Waals surface area contributed by atoms with Crippen molar-refractivity contribution >= 4 is 23.4 Å². The molecule has 6 nitrogen and oxygen atoms in total. The third kappa shape index (κ3) is 4.13. The van der Waals surface area contributed by atoms with Crippen molar-refractivity contribution < 1.29 is 18.8 Å². The van der Waals surface area contributed by atoms with E-state index in [1.54, 1.807) is 24.3 Å². The highest BCUT2D eigenvalue weighted by atomic mass is 19.1. The molecule has 0 atom stereocenters. The van der Waals surface area contributed by atoms with Crippen LogP contribution >= 0.6 is 0 Å². The smallest absolute Gasteiger partial charge is 0.271 e. The van der Waals surface area contributed by atoms with Crippen molar-refractivity contribution in [1.29, 1.82) is 0 Å². The highest BCUT2D eigenvalue weighted by Crippen LogP contribution is 2.22. The monoisotopic (exact) mass is 316 g/mol. The maximum atomic E-state index is 13.6. The van der Waals surface area contributed by atoms with Crippen LogP contribution in [0.5, 0.6) is 5.75 Å². The number of ether oxygens (including phenoxy) is 1. The van der Waals surface area contributed by atoms with E-state index in [9.17, 15) is 19.3 Å². The molecule has 0 spiro atoms. The maximum Gasteiger partial charge on any atom is 0.271 e. The minimum Gasteiger partial charge on any atom is -0.496 e. The van der Waals surface area contributed by atoms with E-state index in [4.69, 9.17) is 4.74 Å². The summed E-state index contributed by atoms with van der Waals surface area (Å²) in [5.74, 6) is -0.789. The maximum absolute atomic E-state index is 13.6. The molecule has 0 radical (unpaired) electrons. The van der Waals surface area contributed by atoms with Gasteiger partial charge in [0, 0.05) is 23.8 Å². The van der Waals surface area contributed by atoms with Crippen LogP contribution in [0.4, 0.5) is 15.8 Å². The Morgan fingerprint density at radius 2 is 2.04 bits per heavy atom. The second-order valence-corrected chi connectivity index (χ2v) is 4.49. The number of hydrogen-bond donors (Lipinski definition) is 1. The molecule has 0 saturated heterocycles. The highest BCUT2D eigenvalue weighted by molar-refractivity contribution is 6.02. The zero-order valence-corrected chi connectivity index (χ0v) is 12.2. The molecule has 1 N–H and O–H groups in total. The minimum atomic E-state index is -0.755. The number of carbonyl (C=O) groups is 1. The normalized spacial score (nSPS) is 10.5. The molecule has 23 heavy (non-hydrogen) atoms. The van der Waals surface area contributed by atoms with Crippen LogP contribution < -0.4 is 10.1 Å². The van der Waals surface area contributed by atoms with Crippen LogP contribution in [0.2, 0.25) is 0 Å². The molecule has 0 heterocycles. The molecule has 118 valence electrons. The number of hydrogen-bond acceptors (Lipinski definition) is 4. The van der Waals surface area contributed by atoms with Crippen LogP contribution in [0.3, 0.4) is 0 Å². The minimum absolute atomic E-state index is 0.256. The van der Waals surface area contributed by atoms with E-state index in [0.29, 0.717) is 11.3 Å². The second kappa shape index (κ2) is 7.17. The summed E-state index contributed by atoms with van der Waals surface area (Å²) >= 11 is 0. The predicted molar refractivity (Wildman–Crippen MR) is 83.7 cm³/mol. The third-order valence-electron chi connectivity index (χ3n) is 2.97. The molecule has 0 aliphatic carbocycles. The van der Waals surface area contributed by atoms with E-state index >= 15 is 0 Å². The molecule has 0 aromatic heterocycles. The number of amides is 1. The largest absolute Gasteiger partial charge is 0.496 e. The number of nitro groups is 1. The number of rotatable bonds is 5. The van der Waals surface area contributed by atoms with E-state index in [1.165, 1.54) is 19.3 Å². The number of methoxy groups -OCH3 is 1. The molecule has 2 aromatic rings. The molecule has 2 rings (SSSR count). The number of para-hydroxylation sites is 1. The molecular weight excluding hydrogens is 303 g/mol. The van der Waals surface area contributed by atoms with E-state index < -0.39 is 16.6 Å². The Morgan fingerprint density at radius 1 is 1.30 bits per heavy atom. The molecule has 0 aliphatic rings. The fraction of sp³-hybridized carbons (Fsp3) is 0.0625. The van der Waals surface area contributed by atoms with Crippen molar-refractivity contribution in [3.8, 4) is 5.75 Å². The van der Waals surface area contributed by atoms with Gasteiger partial charge in [0.05, 0.1) is 17.7 Å². The SMILES string of the molecule is COc1ccccc1C=CC(=O)Nc1cc([N+](=O)[O-])ccc1F. The summed E-state index contributed by atoms with van der Waals surface area (Å²) in [5, 5.41) is 12.9. The van der Waals surface area contributed by atoms with Gasteiger partial charge in [0.1, 0.15) is 11.6 Å². The standard InChI is InChI=1S/C16H13FN2O4/c1-23-15-5-3-2-4-11(15)6-9-16(20)18-14-10-12(19(21)22)7-8-13(14)17/h2-10H,1H3,(H,18,20). The van der Waals surface area contributed by atoms with Gasteiger partial charge in [-0.25, -0.2) is 4.39 Å². The Bertz CT molecular complexity index is 774. The van der Waals surface area contributed by atoms with Gasteiger partial charge < -0.3 is 10.1 Å². The summed E-state index contributed by atoms with van der Waals surface area (Å²) in [4.78, 5) is 21.9. The van der Waals surface area contributed by atoms with Crippen molar-refractivity contribution in [2.45, 2.75) is 0 Å². The highest BCUT2D eigenvalue weighted by Gasteiger charge is 2.12. The summed E-state index contributed by atoms with van der Waals surface area (Å²) in [6.07, 6.45) is 2.69. The van der Waals surface area contributed by atoms with Gasteiger partial charge in [-0.15, -0.1) is 0 Å². The van der Waals surface area contributed by atoms with E-state index in [1.807, 2.05) is 0 Å². The molecule has 1 amide bonds. The molecular formula is C16H13FN2O4. The summed E-state index contributed by atoms with van der Waals surface area (Å²) in [6, 6.07) is 9.96. The fourth-order valence-corrected chi connectivity index (χ4v) is 1.87. The quantitative estimate of drug-likeness (QED) is 0.521. The van der Waals surface area contributed by atoms with Crippen LogP contribution in [0.15, 0.2) is 48.5 Å². The lowest BCUT2D eigenvalue weighted by Gasteiger charge is -2.05. The number of carbonyl (C=O) groups excluding carboxylic acids is 1. The number of anilines is 1. The second-order valence-electron chi connectivity index (χ2n) is 4.49. The van der Waals surface area contributed by atoms with E-state index in [0.717, 1.165) is 18.2 Å². The molecule has 2 aromatic carbocycles. The van der Waals surface area contributed by atoms with Crippen molar-refractivity contribution in [2.75, 3.05) is 12.4 Å². The van der Waals surface area contributed by atoms with Crippen LogP contribution in [-0.2, 0) is 4.79 Å². The summed E-state index contributed by atoms with van der Waals surface area (Å²) in [7, 11) is 1.51. The van der Waals surface area contributed by atoms with Gasteiger partial charge in [-0.1, -0.05) is 18.2 Å². The van der Waals surface area contributed by atoms with Gasteiger partial charge in [0.25, 0.3) is 5.69 Å². The number of benzene rings is 2. The van der Waals surface area contributed by atoms with Crippen molar-refractivity contribution in [3.05, 3.63) is 70.0 Å². The summed E-state index contributed by atoms with van der Waals surface area (Å²) in [5.41, 5.74) is 0.106. The number of halogens is 1. The first-order chi connectivity index (χ1) is 11.0. The van der Waals surface area contributed by atoms with E-state index in [2.05, 4.69) is 5.32 Å². The Balaban J connectivity index is 2.15. The molecule has 0 saturated carbocycles. The zero-order chi connectivity index (χ0) is 16.8. The summed E-state index contributed by atoms with van der Waals surface area (Å²) in [6.45, 7) is 0. The molecule has 0 bridgehead atoms. The van der Waals surface area contributed by atoms with Gasteiger partial charge in [-0.3, -0.25) is 14.9 Å². The lowest BCUT2D eigenvalue weighted by molar-refractivity contribution is -0.384. The first kappa shape index (κ1) is 16.2. The van der Waals surface area contributed by atoms with E-state index in [-0.39, 0.29) is 11.4 Å². The average Bonchev–Trinajstić information content (AvgIpc) is 2.55. The topological polar surface area (TPSA) is 81.5 Å². The lowest BCUT2D eigenvalue weighted by atomic mass is 10.2. The number of nitrogens with zero attached hydrogens (tertiary/aromatic N) is 1. The fourth-order valence-electron chi connectivity index (χ4n) is 1.87. The number of nitrogens with one attached hydrogen (secondary N) is 1. The lowest BCUT2D eigenvalue weighted by Crippen LogP contribution is -2.09. The summed E-state index contributed by atoms with van der Waals surface area (Å²) < 4.78 is 18.7. The Morgan fingerprint density at radius 3 is 2.74 bits per heavy atom. The number of nitro benzene ring substituents is 1. The van der Waals surface area contributed by atoms with Crippen molar-refractivity contribution in [2.24, 2.45) is 0 Å². The number of non-ortho nitro benzene ring substituents is 1. The molecule has 7 heteroatoms. The van der Waals surface area contributed by atoms with Gasteiger partial charge >= 0.3 is 0 Å². The predicted octanol–water partition coefficient (Wildman–Crippen LogP) is 3.39. The van der Waals surface area contributed by atoms with Crippen LogP contribution in [0.25, 0.3) is 6.08 Å². The third-order valence-corrected chi connectivity index (χ3v) is 2.97. The Kier molecular flexibility index (Phi) is 5.03. The van der Waals surface area contributed by atoms with Crippen LogP contribution in [0.1, 0.15) is 5.56 Å². The Hall–Kier alpha value is -3.22. The Labute approximate surface area is 131 Å². The van der Waals surface area contributed by atoms with Crippen molar-refractivity contribution in [3.63, 3.8) is 0 Å². The van der Waals surface area contributed by atoms with Gasteiger partial charge in [-0.05, 0) is 18.2 Å². The first-order valence-electron chi connectivity index (χ1n) is 6.57. The van der Waals surface area contributed by atoms with Crippen LogP contribution in [-0.4, -0.2) is 17.9 Å². The molecule has 0 fully saturated rings. The van der Waals surface area contributed by atoms with Crippen LogP contribution in [0, 0.1) is 15.9 Å². The van der Waals surface area contributed by atoms with Gasteiger partial charge in [-0.2, -0.15) is 0 Å². The average molecular weight is 316 g/mol. The zero-order valence-electron chi connectivity index (χ0n) is 12.2. The first-order valence-corrected chi connectivity index (χ1v) is 6.57. The molecule has 0 unspecified atom stereocenters. The molecule has 0 aliphatic heterocycles. The van der Waals surface area contributed by atoms with Gasteiger partial charge in [0.2, 0.25) is 5.91 Å². The van der Waals surface area contributed by atoms with Crippen molar-refractivity contribution in [1.82, 2.24) is 0 Å². The van der Waals surface area contributed by atoms with Gasteiger partial charge in [0.15, 0.2) is 0 Å².